The molecule has 4 nitrogen and oxygen atoms in total. The molecule has 0 aliphatic carbocycles. The monoisotopic (exact) mass is 269 g/mol. The Hall–Kier alpha value is -2.07. The number of aromatic nitrogens is 1. The zero-order valence-corrected chi connectivity index (χ0v) is 11.8. The molecule has 0 radical (unpaired) electrons. The van der Waals surface area contributed by atoms with Crippen molar-refractivity contribution in [1.29, 1.82) is 0 Å². The summed E-state index contributed by atoms with van der Waals surface area (Å²) in [6, 6.07) is 8.01. The van der Waals surface area contributed by atoms with Crippen LogP contribution in [0, 0.1) is 0 Å². The van der Waals surface area contributed by atoms with Gasteiger partial charge in [0.05, 0.1) is 11.9 Å². The number of hydrogen-bond donors (Lipinski definition) is 1. The smallest absolute Gasteiger partial charge is 0.132 e. The summed E-state index contributed by atoms with van der Waals surface area (Å²) in [7, 11) is 0. The lowest BCUT2D eigenvalue weighted by molar-refractivity contribution is 0.131. The maximum atomic E-state index is 5.49. The fraction of sp³-hybridized carbons (Fsp3) is 0.312. The Bertz CT molecular complexity index is 587. The average Bonchev–Trinajstić information content (AvgIpc) is 2.96. The van der Waals surface area contributed by atoms with Crippen LogP contribution in [0.5, 0.6) is 0 Å². The maximum absolute atomic E-state index is 5.49. The molecule has 1 aliphatic rings. The molecule has 0 saturated heterocycles. The Balaban J connectivity index is 1.87. The van der Waals surface area contributed by atoms with Crippen molar-refractivity contribution < 1.29 is 4.42 Å². The highest BCUT2D eigenvalue weighted by Crippen LogP contribution is 2.26. The molecule has 3 rings (SSSR count). The lowest BCUT2D eigenvalue weighted by atomic mass is 10.1. The molecule has 0 amide bonds. The standard InChI is InChI=1S/C16H19N3O/c1-16(2)18-10-14(15-4-3-9-20-15)12-19(16)11-13-5-7-17-8-6-13/h3-9,12,18H,10-11H2,1-2H3. The molecule has 0 bridgehead atoms. The average molecular weight is 269 g/mol. The van der Waals surface area contributed by atoms with E-state index >= 15 is 0 Å². The number of hydrogen-bond acceptors (Lipinski definition) is 4. The summed E-state index contributed by atoms with van der Waals surface area (Å²) in [5, 5.41) is 3.55. The van der Waals surface area contributed by atoms with Gasteiger partial charge in [0, 0.05) is 37.3 Å². The van der Waals surface area contributed by atoms with Crippen molar-refractivity contribution in [2.24, 2.45) is 0 Å². The van der Waals surface area contributed by atoms with E-state index in [-0.39, 0.29) is 5.66 Å². The summed E-state index contributed by atoms with van der Waals surface area (Å²) in [5.41, 5.74) is 2.33. The first-order valence-corrected chi connectivity index (χ1v) is 6.80. The number of nitrogens with one attached hydrogen (secondary N) is 1. The minimum atomic E-state index is -0.0840. The first-order chi connectivity index (χ1) is 9.65. The number of pyridine rings is 1. The molecule has 0 fully saturated rings. The highest BCUT2D eigenvalue weighted by Gasteiger charge is 2.29. The van der Waals surface area contributed by atoms with Crippen molar-refractivity contribution in [3.8, 4) is 0 Å². The molecule has 20 heavy (non-hydrogen) atoms. The van der Waals surface area contributed by atoms with Crippen LogP contribution in [0.15, 0.2) is 53.5 Å². The van der Waals surface area contributed by atoms with Crippen LogP contribution < -0.4 is 5.32 Å². The minimum absolute atomic E-state index is 0.0840. The topological polar surface area (TPSA) is 41.3 Å². The number of nitrogens with zero attached hydrogens (tertiary/aromatic N) is 2. The van der Waals surface area contributed by atoms with Crippen molar-refractivity contribution in [2.45, 2.75) is 26.1 Å². The summed E-state index contributed by atoms with van der Waals surface area (Å²) >= 11 is 0. The van der Waals surface area contributed by atoms with Gasteiger partial charge < -0.3 is 9.32 Å². The van der Waals surface area contributed by atoms with E-state index < -0.39 is 0 Å². The second-order valence-electron chi connectivity index (χ2n) is 5.53. The second-order valence-corrected chi connectivity index (χ2v) is 5.53. The SMILES string of the molecule is CC1(C)NCC(c2ccco2)=CN1Cc1ccncc1. The quantitative estimate of drug-likeness (QED) is 0.930. The van der Waals surface area contributed by atoms with Crippen molar-refractivity contribution >= 4 is 5.57 Å². The van der Waals surface area contributed by atoms with Crippen molar-refractivity contribution in [3.63, 3.8) is 0 Å². The molecule has 0 atom stereocenters. The van der Waals surface area contributed by atoms with Gasteiger partial charge in [0.1, 0.15) is 5.76 Å². The molecule has 0 saturated carbocycles. The van der Waals surface area contributed by atoms with E-state index in [0.717, 1.165) is 18.8 Å². The predicted molar refractivity (Wildman–Crippen MR) is 78.5 cm³/mol. The number of furan rings is 1. The summed E-state index contributed by atoms with van der Waals surface area (Å²) in [6.07, 6.45) is 7.56. The molecule has 2 aromatic heterocycles. The Kier molecular flexibility index (Phi) is 3.32. The Morgan fingerprint density at radius 3 is 2.80 bits per heavy atom. The Morgan fingerprint density at radius 2 is 2.10 bits per heavy atom. The molecule has 3 heterocycles. The summed E-state index contributed by atoms with van der Waals surface area (Å²) in [6.45, 7) is 6.02. The molecule has 0 aromatic carbocycles. The normalized spacial score (nSPS) is 17.9. The van der Waals surface area contributed by atoms with E-state index in [2.05, 4.69) is 35.2 Å². The van der Waals surface area contributed by atoms with Gasteiger partial charge in [0.2, 0.25) is 0 Å². The van der Waals surface area contributed by atoms with Crippen molar-refractivity contribution in [3.05, 3.63) is 60.4 Å². The Morgan fingerprint density at radius 1 is 1.30 bits per heavy atom. The first kappa shape index (κ1) is 12.9. The summed E-state index contributed by atoms with van der Waals surface area (Å²) < 4.78 is 5.49. The molecular weight excluding hydrogens is 250 g/mol. The molecule has 0 spiro atoms. The molecular formula is C16H19N3O. The van der Waals surface area contributed by atoms with Crippen molar-refractivity contribution in [2.75, 3.05) is 6.54 Å². The van der Waals surface area contributed by atoms with Gasteiger partial charge >= 0.3 is 0 Å². The van der Waals surface area contributed by atoms with E-state index in [1.54, 1.807) is 6.26 Å². The molecule has 104 valence electrons. The van der Waals surface area contributed by atoms with E-state index in [9.17, 15) is 0 Å². The van der Waals surface area contributed by atoms with Gasteiger partial charge in [-0.15, -0.1) is 0 Å². The molecule has 2 aromatic rings. The minimum Gasteiger partial charge on any atom is -0.465 e. The van der Waals surface area contributed by atoms with Gasteiger partial charge in [-0.05, 0) is 43.7 Å². The van der Waals surface area contributed by atoms with Crippen LogP contribution in [0.4, 0.5) is 0 Å². The zero-order chi connectivity index (χ0) is 14.0. The van der Waals surface area contributed by atoms with Gasteiger partial charge in [-0.3, -0.25) is 10.3 Å². The van der Waals surface area contributed by atoms with Crippen LogP contribution in [0.2, 0.25) is 0 Å². The first-order valence-electron chi connectivity index (χ1n) is 6.80. The van der Waals surface area contributed by atoms with Gasteiger partial charge in [-0.25, -0.2) is 0 Å². The van der Waals surface area contributed by atoms with Crippen LogP contribution in [0.3, 0.4) is 0 Å². The van der Waals surface area contributed by atoms with Crippen LogP contribution in [0.1, 0.15) is 25.2 Å². The third-order valence-electron chi connectivity index (χ3n) is 3.68. The summed E-state index contributed by atoms with van der Waals surface area (Å²) in [5.74, 6) is 0.924. The van der Waals surface area contributed by atoms with E-state index in [0.29, 0.717) is 0 Å². The fourth-order valence-electron chi connectivity index (χ4n) is 2.35. The van der Waals surface area contributed by atoms with E-state index in [1.165, 1.54) is 11.1 Å². The lowest BCUT2D eigenvalue weighted by Gasteiger charge is -2.42. The van der Waals surface area contributed by atoms with Crippen LogP contribution in [-0.2, 0) is 6.54 Å². The highest BCUT2D eigenvalue weighted by molar-refractivity contribution is 5.63. The third kappa shape index (κ3) is 2.60. The number of rotatable bonds is 3. The van der Waals surface area contributed by atoms with E-state index in [4.69, 9.17) is 4.42 Å². The van der Waals surface area contributed by atoms with Crippen LogP contribution in [0.25, 0.3) is 5.57 Å². The molecule has 0 unspecified atom stereocenters. The maximum Gasteiger partial charge on any atom is 0.132 e. The largest absolute Gasteiger partial charge is 0.465 e. The van der Waals surface area contributed by atoms with Gasteiger partial charge in [0.25, 0.3) is 0 Å². The third-order valence-corrected chi connectivity index (χ3v) is 3.68. The van der Waals surface area contributed by atoms with Gasteiger partial charge in [-0.1, -0.05) is 0 Å². The molecule has 1 aliphatic heterocycles. The van der Waals surface area contributed by atoms with E-state index in [1.807, 2.05) is 36.7 Å². The van der Waals surface area contributed by atoms with Gasteiger partial charge in [-0.2, -0.15) is 0 Å². The second kappa shape index (κ2) is 5.13. The summed E-state index contributed by atoms with van der Waals surface area (Å²) in [4.78, 5) is 6.36. The Labute approximate surface area is 119 Å². The van der Waals surface area contributed by atoms with Crippen LogP contribution >= 0.6 is 0 Å². The van der Waals surface area contributed by atoms with Gasteiger partial charge in [0.15, 0.2) is 0 Å². The van der Waals surface area contributed by atoms with Crippen LogP contribution in [-0.4, -0.2) is 22.1 Å². The zero-order valence-electron chi connectivity index (χ0n) is 11.8. The van der Waals surface area contributed by atoms with Crippen molar-refractivity contribution in [1.82, 2.24) is 15.2 Å². The fourth-order valence-corrected chi connectivity index (χ4v) is 2.35. The molecule has 1 N–H and O–H groups in total. The molecule has 4 heteroatoms. The lowest BCUT2D eigenvalue weighted by Crippen LogP contribution is -2.55. The highest BCUT2D eigenvalue weighted by atomic mass is 16.3. The predicted octanol–water partition coefficient (Wildman–Crippen LogP) is 2.86.